The van der Waals surface area contributed by atoms with E-state index in [9.17, 15) is 0 Å². The zero-order valence-corrected chi connectivity index (χ0v) is 21.0. The third-order valence-electron chi connectivity index (χ3n) is 4.47. The Morgan fingerprint density at radius 2 is 1.68 bits per heavy atom. The van der Waals surface area contributed by atoms with Crippen molar-refractivity contribution in [3.05, 3.63) is 83.9 Å². The largest absolute Gasteiger partial charge is 0.488 e. The molecule has 166 valence electrons. The monoisotopic (exact) mass is 533 g/mol. The number of para-hydroxylation sites is 1. The van der Waals surface area contributed by atoms with Crippen molar-refractivity contribution < 1.29 is 4.74 Å². The van der Waals surface area contributed by atoms with E-state index < -0.39 is 0 Å². The molecular weight excluding hydrogens is 501 g/mol. The van der Waals surface area contributed by atoms with Gasteiger partial charge in [-0.05, 0) is 32.4 Å². The van der Waals surface area contributed by atoms with Gasteiger partial charge >= 0.3 is 0 Å². The predicted octanol–water partition coefficient (Wildman–Crippen LogP) is 4.59. The molecule has 1 aromatic heterocycles. The lowest BCUT2D eigenvalue weighted by Crippen LogP contribution is -2.37. The van der Waals surface area contributed by atoms with E-state index in [0.29, 0.717) is 13.1 Å². The molecule has 0 aliphatic carbocycles. The molecule has 0 saturated carbocycles. The van der Waals surface area contributed by atoms with Gasteiger partial charge in [-0.25, -0.2) is 4.98 Å². The van der Waals surface area contributed by atoms with Gasteiger partial charge < -0.3 is 19.9 Å². The van der Waals surface area contributed by atoms with Crippen molar-refractivity contribution in [1.82, 2.24) is 20.2 Å². The first-order chi connectivity index (χ1) is 14.4. The van der Waals surface area contributed by atoms with E-state index in [1.54, 1.807) is 7.05 Å². The zero-order chi connectivity index (χ0) is 21.4. The fourth-order valence-corrected chi connectivity index (χ4v) is 3.07. The van der Waals surface area contributed by atoms with Crippen LogP contribution in [0.25, 0.3) is 0 Å². The Labute approximate surface area is 202 Å². The Bertz CT molecular complexity index is 963. The number of guanidine groups is 1. The molecule has 0 spiro atoms. The van der Waals surface area contributed by atoms with Gasteiger partial charge in [-0.2, -0.15) is 0 Å². The van der Waals surface area contributed by atoms with E-state index in [2.05, 4.69) is 76.3 Å². The first-order valence-electron chi connectivity index (χ1n) is 10.2. The third-order valence-corrected chi connectivity index (χ3v) is 4.47. The van der Waals surface area contributed by atoms with Crippen molar-refractivity contribution in [3.63, 3.8) is 0 Å². The lowest BCUT2D eigenvalue weighted by Gasteiger charge is -2.23. The van der Waals surface area contributed by atoms with Gasteiger partial charge in [0.2, 0.25) is 0 Å². The third kappa shape index (κ3) is 7.90. The average Bonchev–Trinajstić information content (AvgIpc) is 3.16. The zero-order valence-electron chi connectivity index (χ0n) is 18.6. The highest BCUT2D eigenvalue weighted by atomic mass is 127. The topological polar surface area (TPSA) is 63.5 Å². The summed E-state index contributed by atoms with van der Waals surface area (Å²) < 4.78 is 8.22. The summed E-state index contributed by atoms with van der Waals surface area (Å²) >= 11 is 0. The quantitative estimate of drug-likeness (QED) is 0.265. The maximum absolute atomic E-state index is 6.08. The van der Waals surface area contributed by atoms with Crippen LogP contribution in [0.3, 0.4) is 0 Å². The summed E-state index contributed by atoms with van der Waals surface area (Å²) in [7, 11) is 1.77. The average molecular weight is 533 g/mol. The molecule has 2 N–H and O–H groups in total. The second kappa shape index (κ2) is 11.7. The molecule has 0 bridgehead atoms. The van der Waals surface area contributed by atoms with E-state index in [1.165, 1.54) is 5.56 Å². The standard InChI is InChI=1S/C24H31N5O.HI/c1-24(2,3)30-21-13-9-8-12-20(21)16-27-23(25-4)28-17-22-26-14-15-29(22)18-19-10-6-5-7-11-19;/h5-15H,16-18H2,1-4H3,(H2,25,27,28);1H. The molecular formula is C24H32IN5O. The highest BCUT2D eigenvalue weighted by Crippen LogP contribution is 2.22. The van der Waals surface area contributed by atoms with Crippen LogP contribution < -0.4 is 15.4 Å². The molecule has 3 rings (SSSR count). The van der Waals surface area contributed by atoms with Crippen molar-refractivity contribution in [2.24, 2.45) is 4.99 Å². The van der Waals surface area contributed by atoms with Gasteiger partial charge in [0.05, 0.1) is 6.54 Å². The minimum atomic E-state index is -0.244. The van der Waals surface area contributed by atoms with Crippen LogP contribution in [0.2, 0.25) is 0 Å². The number of nitrogens with zero attached hydrogens (tertiary/aromatic N) is 3. The minimum Gasteiger partial charge on any atom is -0.488 e. The number of rotatable bonds is 7. The summed E-state index contributed by atoms with van der Waals surface area (Å²) in [5.41, 5.74) is 2.09. The van der Waals surface area contributed by atoms with Gasteiger partial charge in [0, 0.05) is 38.1 Å². The fourth-order valence-electron chi connectivity index (χ4n) is 3.07. The van der Waals surface area contributed by atoms with Crippen LogP contribution in [-0.4, -0.2) is 28.2 Å². The SMILES string of the molecule is CN=C(NCc1ccccc1OC(C)(C)C)NCc1nccn1Cc1ccccc1.I. The van der Waals surface area contributed by atoms with Crippen LogP contribution in [0.4, 0.5) is 0 Å². The van der Waals surface area contributed by atoms with Gasteiger partial charge in [0.1, 0.15) is 17.2 Å². The molecule has 0 atom stereocenters. The summed E-state index contributed by atoms with van der Waals surface area (Å²) in [5, 5.41) is 6.72. The van der Waals surface area contributed by atoms with Crippen LogP contribution in [0.15, 0.2) is 72.0 Å². The van der Waals surface area contributed by atoms with Crippen LogP contribution in [-0.2, 0) is 19.6 Å². The van der Waals surface area contributed by atoms with E-state index in [0.717, 1.165) is 29.6 Å². The number of benzene rings is 2. The number of hydrogen-bond acceptors (Lipinski definition) is 3. The second-order valence-electron chi connectivity index (χ2n) is 8.06. The molecule has 0 fully saturated rings. The molecule has 0 aliphatic rings. The molecule has 0 amide bonds. The van der Waals surface area contributed by atoms with Crippen molar-refractivity contribution >= 4 is 29.9 Å². The normalized spacial score (nSPS) is 11.5. The molecule has 0 saturated heterocycles. The number of hydrogen-bond donors (Lipinski definition) is 2. The van der Waals surface area contributed by atoms with Crippen molar-refractivity contribution in [2.75, 3.05) is 7.05 Å². The summed E-state index contributed by atoms with van der Waals surface area (Å²) in [4.78, 5) is 8.83. The Morgan fingerprint density at radius 3 is 2.39 bits per heavy atom. The molecule has 0 aliphatic heterocycles. The lowest BCUT2D eigenvalue weighted by atomic mass is 10.1. The number of imidazole rings is 1. The smallest absolute Gasteiger partial charge is 0.191 e. The van der Waals surface area contributed by atoms with E-state index >= 15 is 0 Å². The summed E-state index contributed by atoms with van der Waals surface area (Å²) in [6.45, 7) is 8.14. The van der Waals surface area contributed by atoms with Crippen molar-refractivity contribution in [1.29, 1.82) is 0 Å². The van der Waals surface area contributed by atoms with Crippen LogP contribution in [0.1, 0.15) is 37.7 Å². The van der Waals surface area contributed by atoms with Crippen molar-refractivity contribution in [2.45, 2.75) is 46.0 Å². The van der Waals surface area contributed by atoms with Crippen LogP contribution >= 0.6 is 24.0 Å². The summed E-state index contributed by atoms with van der Waals surface area (Å²) in [5.74, 6) is 2.56. The van der Waals surface area contributed by atoms with Gasteiger partial charge in [-0.1, -0.05) is 48.5 Å². The first-order valence-corrected chi connectivity index (χ1v) is 10.2. The first kappa shape index (κ1) is 24.7. The maximum Gasteiger partial charge on any atom is 0.191 e. The molecule has 2 aromatic carbocycles. The van der Waals surface area contributed by atoms with E-state index in [-0.39, 0.29) is 29.6 Å². The number of ether oxygens (including phenoxy) is 1. The molecule has 3 aromatic rings. The van der Waals surface area contributed by atoms with Crippen LogP contribution in [0, 0.1) is 0 Å². The Morgan fingerprint density at radius 1 is 1.00 bits per heavy atom. The fraction of sp³-hybridized carbons (Fsp3) is 0.333. The number of aromatic nitrogens is 2. The number of nitrogens with one attached hydrogen (secondary N) is 2. The molecule has 0 radical (unpaired) electrons. The second-order valence-corrected chi connectivity index (χ2v) is 8.06. The molecule has 1 heterocycles. The molecule has 0 unspecified atom stereocenters. The number of aliphatic imine (C=N–C) groups is 1. The van der Waals surface area contributed by atoms with Gasteiger partial charge in [0.15, 0.2) is 5.96 Å². The van der Waals surface area contributed by atoms with E-state index in [4.69, 9.17) is 4.74 Å². The number of halogens is 1. The summed E-state index contributed by atoms with van der Waals surface area (Å²) in [6.07, 6.45) is 3.83. The minimum absolute atomic E-state index is 0. The lowest BCUT2D eigenvalue weighted by molar-refractivity contribution is 0.129. The van der Waals surface area contributed by atoms with Gasteiger partial charge in [0.25, 0.3) is 0 Å². The van der Waals surface area contributed by atoms with E-state index in [1.807, 2.05) is 36.7 Å². The highest BCUT2D eigenvalue weighted by molar-refractivity contribution is 14.0. The highest BCUT2D eigenvalue weighted by Gasteiger charge is 2.14. The van der Waals surface area contributed by atoms with Gasteiger partial charge in [-0.15, -0.1) is 24.0 Å². The van der Waals surface area contributed by atoms with Crippen LogP contribution in [0.5, 0.6) is 5.75 Å². The summed E-state index contributed by atoms with van der Waals surface area (Å²) in [6, 6.07) is 18.4. The Hall–Kier alpha value is -2.55. The Kier molecular flexibility index (Phi) is 9.36. The predicted molar refractivity (Wildman–Crippen MR) is 137 cm³/mol. The molecule has 6 nitrogen and oxygen atoms in total. The van der Waals surface area contributed by atoms with Crippen molar-refractivity contribution in [3.8, 4) is 5.75 Å². The molecule has 31 heavy (non-hydrogen) atoms. The maximum atomic E-state index is 6.08. The Balaban J connectivity index is 0.00000341. The molecule has 7 heteroatoms. The van der Waals surface area contributed by atoms with Gasteiger partial charge in [-0.3, -0.25) is 4.99 Å².